The highest BCUT2D eigenvalue weighted by Gasteiger charge is 2.11. The highest BCUT2D eigenvalue weighted by molar-refractivity contribution is 5.94. The van der Waals surface area contributed by atoms with Crippen LogP contribution in [0.3, 0.4) is 0 Å². The lowest BCUT2D eigenvalue weighted by molar-refractivity contribution is -0.384. The van der Waals surface area contributed by atoms with E-state index in [1.165, 1.54) is 24.3 Å². The minimum absolute atomic E-state index is 0.106. The SMILES string of the molecule is NCc1ccccc1CNC(=O)c1cccc([N+](=O)[O-])c1. The van der Waals surface area contributed by atoms with Crippen molar-refractivity contribution in [3.05, 3.63) is 75.3 Å². The molecule has 2 aromatic rings. The summed E-state index contributed by atoms with van der Waals surface area (Å²) in [6, 6.07) is 13.2. The lowest BCUT2D eigenvalue weighted by Gasteiger charge is -2.09. The molecule has 0 heterocycles. The third kappa shape index (κ3) is 3.64. The molecule has 1 amide bonds. The van der Waals surface area contributed by atoms with Gasteiger partial charge in [-0.3, -0.25) is 14.9 Å². The Hall–Kier alpha value is -2.73. The van der Waals surface area contributed by atoms with E-state index >= 15 is 0 Å². The highest BCUT2D eigenvalue weighted by atomic mass is 16.6. The molecule has 0 saturated heterocycles. The van der Waals surface area contributed by atoms with Crippen LogP contribution in [-0.4, -0.2) is 10.8 Å². The molecule has 0 radical (unpaired) electrons. The van der Waals surface area contributed by atoms with Gasteiger partial charge in [-0.15, -0.1) is 0 Å². The molecule has 0 unspecified atom stereocenters. The maximum Gasteiger partial charge on any atom is 0.270 e. The Bertz CT molecular complexity index is 671. The van der Waals surface area contributed by atoms with Crippen LogP contribution in [-0.2, 0) is 13.1 Å². The summed E-state index contributed by atoms with van der Waals surface area (Å²) in [7, 11) is 0. The van der Waals surface area contributed by atoms with Gasteiger partial charge in [-0.25, -0.2) is 0 Å². The summed E-state index contributed by atoms with van der Waals surface area (Å²) < 4.78 is 0. The number of rotatable bonds is 5. The molecule has 0 spiro atoms. The van der Waals surface area contributed by atoms with Crippen LogP contribution in [0, 0.1) is 10.1 Å². The predicted octanol–water partition coefficient (Wildman–Crippen LogP) is 1.98. The number of hydrogen-bond donors (Lipinski definition) is 2. The van der Waals surface area contributed by atoms with Gasteiger partial charge in [0.05, 0.1) is 4.92 Å². The van der Waals surface area contributed by atoms with E-state index in [9.17, 15) is 14.9 Å². The van der Waals surface area contributed by atoms with Crippen molar-refractivity contribution < 1.29 is 9.72 Å². The van der Waals surface area contributed by atoms with Gasteiger partial charge < -0.3 is 11.1 Å². The first-order valence-electron chi connectivity index (χ1n) is 6.41. The van der Waals surface area contributed by atoms with E-state index in [1.54, 1.807) is 0 Å². The van der Waals surface area contributed by atoms with E-state index in [0.29, 0.717) is 13.1 Å². The van der Waals surface area contributed by atoms with Crippen LogP contribution in [0.1, 0.15) is 21.5 Å². The van der Waals surface area contributed by atoms with Crippen molar-refractivity contribution in [2.75, 3.05) is 0 Å². The zero-order chi connectivity index (χ0) is 15.2. The molecule has 6 nitrogen and oxygen atoms in total. The molecule has 0 bridgehead atoms. The fourth-order valence-electron chi connectivity index (χ4n) is 1.97. The Labute approximate surface area is 121 Å². The lowest BCUT2D eigenvalue weighted by Crippen LogP contribution is -2.23. The fraction of sp³-hybridized carbons (Fsp3) is 0.133. The number of nitrogens with two attached hydrogens (primary N) is 1. The smallest absolute Gasteiger partial charge is 0.270 e. The van der Waals surface area contributed by atoms with Gasteiger partial charge in [0, 0.05) is 30.8 Å². The van der Waals surface area contributed by atoms with Gasteiger partial charge in [0.2, 0.25) is 0 Å². The number of nitrogens with zero attached hydrogens (tertiary/aromatic N) is 1. The number of nitro groups is 1. The zero-order valence-corrected chi connectivity index (χ0v) is 11.3. The second kappa shape index (κ2) is 6.62. The number of amides is 1. The highest BCUT2D eigenvalue weighted by Crippen LogP contribution is 2.13. The molecular formula is C15H15N3O3. The van der Waals surface area contributed by atoms with Crippen LogP contribution in [0.5, 0.6) is 0 Å². The Morgan fingerprint density at radius 1 is 1.14 bits per heavy atom. The first kappa shape index (κ1) is 14.7. The normalized spacial score (nSPS) is 10.1. The summed E-state index contributed by atoms with van der Waals surface area (Å²) in [6.07, 6.45) is 0. The van der Waals surface area contributed by atoms with E-state index in [2.05, 4.69) is 5.32 Å². The van der Waals surface area contributed by atoms with Crippen LogP contribution in [0.25, 0.3) is 0 Å². The van der Waals surface area contributed by atoms with Gasteiger partial charge in [0.1, 0.15) is 0 Å². The van der Waals surface area contributed by atoms with E-state index in [0.717, 1.165) is 11.1 Å². The van der Waals surface area contributed by atoms with E-state index in [-0.39, 0.29) is 17.2 Å². The third-order valence-electron chi connectivity index (χ3n) is 3.10. The minimum atomic E-state index is -0.527. The standard InChI is InChI=1S/C15H15N3O3/c16-9-12-4-1-2-5-13(12)10-17-15(19)11-6-3-7-14(8-11)18(20)21/h1-8H,9-10,16H2,(H,17,19). The summed E-state index contributed by atoms with van der Waals surface area (Å²) in [4.78, 5) is 22.2. The molecule has 6 heteroatoms. The summed E-state index contributed by atoms with van der Waals surface area (Å²) in [5.74, 6) is -0.356. The summed E-state index contributed by atoms with van der Waals surface area (Å²) in [6.45, 7) is 0.720. The zero-order valence-electron chi connectivity index (χ0n) is 11.3. The van der Waals surface area contributed by atoms with Gasteiger partial charge >= 0.3 is 0 Å². The number of hydrogen-bond acceptors (Lipinski definition) is 4. The second-order valence-corrected chi connectivity index (χ2v) is 4.46. The van der Waals surface area contributed by atoms with Crippen molar-refractivity contribution in [1.82, 2.24) is 5.32 Å². The van der Waals surface area contributed by atoms with Gasteiger partial charge in [-0.1, -0.05) is 30.3 Å². The Kier molecular flexibility index (Phi) is 4.63. The molecule has 108 valence electrons. The van der Waals surface area contributed by atoms with Gasteiger partial charge in [-0.05, 0) is 17.2 Å². The fourth-order valence-corrected chi connectivity index (χ4v) is 1.97. The largest absolute Gasteiger partial charge is 0.348 e. The Morgan fingerprint density at radius 3 is 2.52 bits per heavy atom. The van der Waals surface area contributed by atoms with Crippen molar-refractivity contribution in [2.24, 2.45) is 5.73 Å². The van der Waals surface area contributed by atoms with Gasteiger partial charge in [0.15, 0.2) is 0 Å². The summed E-state index contributed by atoms with van der Waals surface area (Å²) >= 11 is 0. The average Bonchev–Trinajstić information content (AvgIpc) is 2.52. The number of non-ortho nitro benzene ring substituents is 1. The van der Waals surface area contributed by atoms with E-state index in [4.69, 9.17) is 5.73 Å². The second-order valence-electron chi connectivity index (χ2n) is 4.46. The predicted molar refractivity (Wildman–Crippen MR) is 78.6 cm³/mol. The van der Waals surface area contributed by atoms with Crippen LogP contribution in [0.4, 0.5) is 5.69 Å². The Morgan fingerprint density at radius 2 is 1.86 bits per heavy atom. The molecule has 21 heavy (non-hydrogen) atoms. The molecule has 3 N–H and O–H groups in total. The minimum Gasteiger partial charge on any atom is -0.348 e. The van der Waals surface area contributed by atoms with E-state index < -0.39 is 4.92 Å². The number of carbonyl (C=O) groups excluding carboxylic acids is 1. The number of nitrogens with one attached hydrogen (secondary N) is 1. The summed E-state index contributed by atoms with van der Waals surface area (Å²) in [5.41, 5.74) is 7.67. The maximum absolute atomic E-state index is 12.0. The summed E-state index contributed by atoms with van der Waals surface area (Å²) in [5, 5.41) is 13.4. The number of nitro benzene ring substituents is 1. The van der Waals surface area contributed by atoms with Gasteiger partial charge in [-0.2, -0.15) is 0 Å². The Balaban J connectivity index is 2.08. The van der Waals surface area contributed by atoms with Gasteiger partial charge in [0.25, 0.3) is 11.6 Å². The molecule has 0 aromatic heterocycles. The van der Waals surface area contributed by atoms with Crippen molar-refractivity contribution >= 4 is 11.6 Å². The van der Waals surface area contributed by atoms with Crippen molar-refractivity contribution in [1.29, 1.82) is 0 Å². The molecule has 0 aliphatic rings. The quantitative estimate of drug-likeness (QED) is 0.648. The number of benzene rings is 2. The topological polar surface area (TPSA) is 98.3 Å². The first-order chi connectivity index (χ1) is 10.1. The molecule has 2 aromatic carbocycles. The molecule has 2 rings (SSSR count). The van der Waals surface area contributed by atoms with Crippen LogP contribution in [0.2, 0.25) is 0 Å². The number of carbonyl (C=O) groups is 1. The van der Waals surface area contributed by atoms with Crippen LogP contribution in [0.15, 0.2) is 48.5 Å². The third-order valence-corrected chi connectivity index (χ3v) is 3.10. The lowest BCUT2D eigenvalue weighted by atomic mass is 10.1. The average molecular weight is 285 g/mol. The molecular weight excluding hydrogens is 270 g/mol. The monoisotopic (exact) mass is 285 g/mol. The van der Waals surface area contributed by atoms with Crippen molar-refractivity contribution in [3.8, 4) is 0 Å². The first-order valence-corrected chi connectivity index (χ1v) is 6.41. The van der Waals surface area contributed by atoms with Crippen molar-refractivity contribution in [3.63, 3.8) is 0 Å². The van der Waals surface area contributed by atoms with Crippen LogP contribution < -0.4 is 11.1 Å². The van der Waals surface area contributed by atoms with Crippen molar-refractivity contribution in [2.45, 2.75) is 13.1 Å². The molecule has 0 aliphatic carbocycles. The maximum atomic E-state index is 12.0. The molecule has 0 saturated carbocycles. The molecule has 0 aliphatic heterocycles. The molecule has 0 atom stereocenters. The van der Waals surface area contributed by atoms with E-state index in [1.807, 2.05) is 24.3 Å². The molecule has 0 fully saturated rings. The van der Waals surface area contributed by atoms with Crippen LogP contribution >= 0.6 is 0 Å².